The highest BCUT2D eigenvalue weighted by Crippen LogP contribution is 2.40. The van der Waals surface area contributed by atoms with Gasteiger partial charge in [-0.1, -0.05) is 79.1 Å². The van der Waals surface area contributed by atoms with E-state index in [1.807, 2.05) is 25.2 Å². The Morgan fingerprint density at radius 2 is 1.75 bits per heavy atom. The van der Waals surface area contributed by atoms with Crippen LogP contribution < -0.4 is 0 Å². The van der Waals surface area contributed by atoms with Gasteiger partial charge in [0.1, 0.15) is 12.5 Å². The quantitative estimate of drug-likeness (QED) is 0.0725. The topological polar surface area (TPSA) is 69.7 Å². The summed E-state index contributed by atoms with van der Waals surface area (Å²) in [5.41, 5.74) is 5.46. The Hall–Kier alpha value is -1.99. The van der Waals surface area contributed by atoms with Gasteiger partial charge in [-0.05, 0) is 82.1 Å². The molecule has 0 saturated carbocycles. The minimum Gasteiger partial charge on any atom is -0.461 e. The number of carbonyl (C=O) groups excluding carboxylic acids is 3. The number of hydrogen-bond acceptors (Lipinski definition) is 7. The second-order valence-corrected chi connectivity index (χ2v) is 13.6. The third kappa shape index (κ3) is 17.0. The van der Waals surface area contributed by atoms with Crippen LogP contribution >= 0.6 is 23.5 Å². The summed E-state index contributed by atoms with van der Waals surface area (Å²) in [4.78, 5) is 34.5. The average molecular weight is 591 g/mol. The molecule has 0 amide bonds. The van der Waals surface area contributed by atoms with Gasteiger partial charge in [0.2, 0.25) is 0 Å². The standard InChI is InChI=1S/C33H50O5S2/c1-25(17-18-31-27(3)14-11-21-33(31,6)7)12-10-13-26(2)19-22-37-32(36)16-9-8-15-30(40-29(5)35)20-23-39-24-38-28(4)34/h10,12-13,17-19,30H,8-9,11,14-16,20-24H2,1-7H3/b13-10+,18-17+,25-12+,26-19+. The van der Waals surface area contributed by atoms with Crippen LogP contribution in [0.2, 0.25) is 0 Å². The highest BCUT2D eigenvalue weighted by atomic mass is 32.2. The molecule has 0 N–H and O–H groups in total. The van der Waals surface area contributed by atoms with E-state index in [0.29, 0.717) is 12.4 Å². The fourth-order valence-corrected chi connectivity index (χ4v) is 6.53. The van der Waals surface area contributed by atoms with Gasteiger partial charge in [-0.3, -0.25) is 14.4 Å². The maximum Gasteiger partial charge on any atom is 0.306 e. The molecule has 40 heavy (non-hydrogen) atoms. The van der Waals surface area contributed by atoms with Gasteiger partial charge in [-0.25, -0.2) is 0 Å². The lowest BCUT2D eigenvalue weighted by Crippen LogP contribution is -2.19. The number of esters is 2. The van der Waals surface area contributed by atoms with Crippen molar-refractivity contribution in [1.29, 1.82) is 0 Å². The molecule has 7 heteroatoms. The first-order valence-electron chi connectivity index (χ1n) is 14.3. The molecule has 0 radical (unpaired) electrons. The SMILES string of the molecule is CC(=O)OCSCCC(CCCCC(=O)OC/C=C(C)/C=C/C=C(C)/C=C/C1=C(C)CCCC1(C)C)SC(C)=O. The first kappa shape index (κ1) is 36.0. The Kier molecular flexibility index (Phi) is 18.0. The van der Waals surface area contributed by atoms with Gasteiger partial charge in [-0.15, -0.1) is 11.8 Å². The van der Waals surface area contributed by atoms with Gasteiger partial charge in [-0.2, -0.15) is 0 Å². The summed E-state index contributed by atoms with van der Waals surface area (Å²) in [6.07, 6.45) is 20.0. The van der Waals surface area contributed by atoms with Gasteiger partial charge in [0, 0.05) is 25.5 Å². The molecule has 0 aromatic heterocycles. The number of allylic oxidation sites excluding steroid dienone is 9. The van der Waals surface area contributed by atoms with Crippen molar-refractivity contribution in [2.45, 2.75) is 105 Å². The molecule has 1 aliphatic rings. The van der Waals surface area contributed by atoms with Gasteiger partial charge in [0.25, 0.3) is 0 Å². The van der Waals surface area contributed by atoms with Crippen molar-refractivity contribution in [1.82, 2.24) is 0 Å². The van der Waals surface area contributed by atoms with Crippen LogP contribution in [0.5, 0.6) is 0 Å². The molecule has 1 unspecified atom stereocenters. The maximum absolute atomic E-state index is 12.1. The Bertz CT molecular complexity index is 985. The summed E-state index contributed by atoms with van der Waals surface area (Å²) in [7, 11) is 0. The van der Waals surface area contributed by atoms with Crippen LogP contribution in [0.15, 0.2) is 58.7 Å². The van der Waals surface area contributed by atoms with E-state index in [0.717, 1.165) is 37.0 Å². The van der Waals surface area contributed by atoms with Crippen LogP contribution in [0.1, 0.15) is 99.8 Å². The van der Waals surface area contributed by atoms with Crippen molar-refractivity contribution in [3.63, 3.8) is 0 Å². The number of unbranched alkanes of at least 4 members (excludes halogenated alkanes) is 1. The molecular weight excluding hydrogens is 540 g/mol. The molecule has 224 valence electrons. The Labute approximate surface area is 251 Å². The van der Waals surface area contributed by atoms with Crippen LogP contribution in [0.3, 0.4) is 0 Å². The molecule has 0 fully saturated rings. The molecule has 1 aliphatic carbocycles. The molecule has 5 nitrogen and oxygen atoms in total. The minimum atomic E-state index is -0.283. The molecule has 0 aromatic carbocycles. The monoisotopic (exact) mass is 590 g/mol. The third-order valence-electron chi connectivity index (χ3n) is 6.84. The second-order valence-electron chi connectivity index (χ2n) is 11.1. The highest BCUT2D eigenvalue weighted by Gasteiger charge is 2.26. The summed E-state index contributed by atoms with van der Waals surface area (Å²) in [5.74, 6) is 0.682. The van der Waals surface area contributed by atoms with Gasteiger partial charge >= 0.3 is 11.9 Å². The molecule has 0 bridgehead atoms. The average Bonchev–Trinajstić information content (AvgIpc) is 2.85. The van der Waals surface area contributed by atoms with Crippen molar-refractivity contribution in [2.24, 2.45) is 5.41 Å². The molecule has 0 heterocycles. The Balaban J connectivity index is 2.35. The second kappa shape index (κ2) is 20.0. The fraction of sp³-hybridized carbons (Fsp3) is 0.606. The molecule has 0 saturated heterocycles. The number of thioether (sulfide) groups is 2. The largest absolute Gasteiger partial charge is 0.461 e. The first-order chi connectivity index (χ1) is 18.9. The molecular formula is C33H50O5S2. The van der Waals surface area contributed by atoms with E-state index in [-0.39, 0.29) is 34.3 Å². The number of rotatable bonds is 17. The van der Waals surface area contributed by atoms with Crippen molar-refractivity contribution in [2.75, 3.05) is 18.3 Å². The predicted octanol–water partition coefficient (Wildman–Crippen LogP) is 8.91. The zero-order valence-corrected chi connectivity index (χ0v) is 27.3. The van der Waals surface area contributed by atoms with E-state index in [9.17, 15) is 14.4 Å². The van der Waals surface area contributed by atoms with Gasteiger partial charge < -0.3 is 9.47 Å². The van der Waals surface area contributed by atoms with Crippen molar-refractivity contribution in [3.05, 3.63) is 58.7 Å². The van der Waals surface area contributed by atoms with Crippen LogP contribution in [-0.4, -0.2) is 40.6 Å². The zero-order valence-electron chi connectivity index (χ0n) is 25.7. The zero-order chi connectivity index (χ0) is 30.0. The third-order valence-corrected chi connectivity index (χ3v) is 8.79. The van der Waals surface area contributed by atoms with E-state index in [2.05, 4.69) is 45.9 Å². The van der Waals surface area contributed by atoms with Crippen LogP contribution in [0.25, 0.3) is 0 Å². The van der Waals surface area contributed by atoms with E-state index < -0.39 is 0 Å². The lowest BCUT2D eigenvalue weighted by molar-refractivity contribution is -0.142. The number of ether oxygens (including phenoxy) is 2. The van der Waals surface area contributed by atoms with E-state index in [1.165, 1.54) is 54.7 Å². The summed E-state index contributed by atoms with van der Waals surface area (Å²) in [5, 5.41) is 0.313. The van der Waals surface area contributed by atoms with Crippen LogP contribution in [0, 0.1) is 5.41 Å². The van der Waals surface area contributed by atoms with Crippen LogP contribution in [-0.2, 0) is 23.9 Å². The van der Waals surface area contributed by atoms with E-state index >= 15 is 0 Å². The van der Waals surface area contributed by atoms with Crippen molar-refractivity contribution in [3.8, 4) is 0 Å². The van der Waals surface area contributed by atoms with Crippen LogP contribution in [0.4, 0.5) is 0 Å². The van der Waals surface area contributed by atoms with Gasteiger partial charge in [0.05, 0.1) is 0 Å². The number of hydrogen-bond donors (Lipinski definition) is 0. The molecule has 1 atom stereocenters. The lowest BCUT2D eigenvalue weighted by atomic mass is 9.72. The van der Waals surface area contributed by atoms with Gasteiger partial charge in [0.15, 0.2) is 5.12 Å². The molecule has 0 spiro atoms. The Morgan fingerprint density at radius 3 is 2.42 bits per heavy atom. The fourth-order valence-electron chi connectivity index (χ4n) is 4.58. The van der Waals surface area contributed by atoms with Crippen molar-refractivity contribution >= 4 is 40.6 Å². The van der Waals surface area contributed by atoms with E-state index in [4.69, 9.17) is 9.47 Å². The summed E-state index contributed by atoms with van der Waals surface area (Å²) < 4.78 is 10.3. The number of carbonyl (C=O) groups is 3. The summed E-state index contributed by atoms with van der Waals surface area (Å²) in [6.45, 7) is 14.3. The van der Waals surface area contributed by atoms with E-state index in [1.54, 1.807) is 18.7 Å². The summed E-state index contributed by atoms with van der Waals surface area (Å²) in [6, 6.07) is 0. The normalized spacial score (nSPS) is 17.0. The molecule has 0 aliphatic heterocycles. The predicted molar refractivity (Wildman–Crippen MR) is 171 cm³/mol. The maximum atomic E-state index is 12.1. The molecule has 0 aromatic rings. The molecule has 1 rings (SSSR count). The lowest BCUT2D eigenvalue weighted by Gasteiger charge is -2.32. The minimum absolute atomic E-state index is 0.101. The summed E-state index contributed by atoms with van der Waals surface area (Å²) >= 11 is 2.90. The Morgan fingerprint density at radius 1 is 1.00 bits per heavy atom. The highest BCUT2D eigenvalue weighted by molar-refractivity contribution is 8.14. The first-order valence-corrected chi connectivity index (χ1v) is 16.4. The smallest absolute Gasteiger partial charge is 0.306 e. The van der Waals surface area contributed by atoms with Crippen molar-refractivity contribution < 1.29 is 23.9 Å².